The fourth-order valence-electron chi connectivity index (χ4n) is 3.50. The summed E-state index contributed by atoms with van der Waals surface area (Å²) >= 11 is 0. The average molecular weight is 387 g/mol. The highest BCUT2D eigenvalue weighted by Gasteiger charge is 2.12. The first-order chi connectivity index (χ1) is 14.3. The van der Waals surface area contributed by atoms with Crippen LogP contribution in [0.4, 0.5) is 5.82 Å². The number of imidazole rings is 1. The second kappa shape index (κ2) is 8.68. The summed E-state index contributed by atoms with van der Waals surface area (Å²) in [6, 6.07) is 16.7. The van der Waals surface area contributed by atoms with Gasteiger partial charge in [-0.2, -0.15) is 5.21 Å². The van der Waals surface area contributed by atoms with Crippen LogP contribution in [0.25, 0.3) is 22.5 Å². The Morgan fingerprint density at radius 3 is 2.52 bits per heavy atom. The molecule has 7 heteroatoms. The number of H-pyrrole nitrogens is 1. The molecular formula is C22H25N7. The predicted molar refractivity (Wildman–Crippen MR) is 115 cm³/mol. The van der Waals surface area contributed by atoms with Crippen LogP contribution in [-0.4, -0.2) is 37.2 Å². The third-order valence-electron chi connectivity index (χ3n) is 5.07. The van der Waals surface area contributed by atoms with Crippen molar-refractivity contribution < 1.29 is 0 Å². The highest BCUT2D eigenvalue weighted by atomic mass is 15.5. The van der Waals surface area contributed by atoms with Crippen molar-refractivity contribution in [1.29, 1.82) is 0 Å². The highest BCUT2D eigenvalue weighted by molar-refractivity contribution is 5.80. The Hall–Kier alpha value is -3.48. The standard InChI is InChI=1S/C22H25N7/c1-3-4-9-20-24-14-21(23-2)29(20)15-16-10-12-17(13-11-16)18-7-5-6-8-19(18)22-25-27-28-26-22/h5-8,10-14,23H,3-4,9,15H2,1-2H3,(H,25,26,27,28). The summed E-state index contributed by atoms with van der Waals surface area (Å²) in [6.07, 6.45) is 5.22. The van der Waals surface area contributed by atoms with Crippen LogP contribution in [0.2, 0.25) is 0 Å². The van der Waals surface area contributed by atoms with E-state index in [1.807, 2.05) is 31.4 Å². The molecule has 0 amide bonds. The fourth-order valence-corrected chi connectivity index (χ4v) is 3.50. The van der Waals surface area contributed by atoms with E-state index in [4.69, 9.17) is 0 Å². The van der Waals surface area contributed by atoms with E-state index in [9.17, 15) is 0 Å². The Balaban J connectivity index is 1.60. The third kappa shape index (κ3) is 4.03. The van der Waals surface area contributed by atoms with Gasteiger partial charge in [0, 0.05) is 19.0 Å². The van der Waals surface area contributed by atoms with E-state index >= 15 is 0 Å². The number of benzene rings is 2. The van der Waals surface area contributed by atoms with Gasteiger partial charge in [0.1, 0.15) is 11.6 Å². The molecule has 148 valence electrons. The van der Waals surface area contributed by atoms with E-state index in [-0.39, 0.29) is 0 Å². The van der Waals surface area contributed by atoms with Crippen LogP contribution in [-0.2, 0) is 13.0 Å². The van der Waals surface area contributed by atoms with Crippen LogP contribution >= 0.6 is 0 Å². The van der Waals surface area contributed by atoms with E-state index in [0.29, 0.717) is 5.82 Å². The molecule has 2 aromatic heterocycles. The number of hydrogen-bond donors (Lipinski definition) is 2. The van der Waals surface area contributed by atoms with E-state index in [2.05, 4.69) is 72.7 Å². The van der Waals surface area contributed by atoms with E-state index in [1.165, 1.54) is 5.56 Å². The first-order valence-corrected chi connectivity index (χ1v) is 9.94. The minimum absolute atomic E-state index is 0.599. The van der Waals surface area contributed by atoms with E-state index in [1.54, 1.807) is 0 Å². The van der Waals surface area contributed by atoms with Crippen LogP contribution < -0.4 is 5.32 Å². The Labute approximate surface area is 170 Å². The molecule has 29 heavy (non-hydrogen) atoms. The van der Waals surface area contributed by atoms with Crippen LogP contribution in [0.15, 0.2) is 54.7 Å². The van der Waals surface area contributed by atoms with E-state index in [0.717, 1.165) is 54.1 Å². The van der Waals surface area contributed by atoms with Crippen molar-refractivity contribution in [2.45, 2.75) is 32.7 Å². The summed E-state index contributed by atoms with van der Waals surface area (Å²) in [4.78, 5) is 4.60. The van der Waals surface area contributed by atoms with Crippen molar-refractivity contribution in [3.05, 3.63) is 66.1 Å². The molecule has 0 aliphatic carbocycles. The molecule has 0 unspecified atom stereocenters. The van der Waals surface area contributed by atoms with E-state index < -0.39 is 0 Å². The first kappa shape index (κ1) is 18.9. The van der Waals surface area contributed by atoms with Gasteiger partial charge in [-0.05, 0) is 28.3 Å². The molecule has 0 saturated carbocycles. The Bertz CT molecular complexity index is 1050. The molecule has 0 aliphatic heterocycles. The second-order valence-electron chi connectivity index (χ2n) is 6.98. The Morgan fingerprint density at radius 2 is 1.83 bits per heavy atom. The molecule has 2 aromatic carbocycles. The maximum Gasteiger partial charge on any atom is 0.205 e. The Morgan fingerprint density at radius 1 is 1.03 bits per heavy atom. The summed E-state index contributed by atoms with van der Waals surface area (Å²) < 4.78 is 2.26. The maximum absolute atomic E-state index is 4.60. The molecule has 0 radical (unpaired) electrons. The van der Waals surface area contributed by atoms with Crippen LogP contribution in [0.3, 0.4) is 0 Å². The van der Waals surface area contributed by atoms with Crippen molar-refractivity contribution in [3.8, 4) is 22.5 Å². The maximum atomic E-state index is 4.60. The molecule has 4 rings (SSSR count). The largest absolute Gasteiger partial charge is 0.373 e. The summed E-state index contributed by atoms with van der Waals surface area (Å²) in [5.41, 5.74) is 4.41. The molecule has 0 aliphatic rings. The van der Waals surface area contributed by atoms with Gasteiger partial charge in [0.15, 0.2) is 0 Å². The van der Waals surface area contributed by atoms with Gasteiger partial charge in [-0.1, -0.05) is 61.9 Å². The molecule has 0 bridgehead atoms. The van der Waals surface area contributed by atoms with Crippen LogP contribution in [0, 0.1) is 0 Å². The molecule has 7 nitrogen and oxygen atoms in total. The van der Waals surface area contributed by atoms with Crippen molar-refractivity contribution in [1.82, 2.24) is 30.2 Å². The van der Waals surface area contributed by atoms with Gasteiger partial charge >= 0.3 is 0 Å². The smallest absolute Gasteiger partial charge is 0.205 e. The van der Waals surface area contributed by atoms with Gasteiger partial charge in [-0.15, -0.1) is 10.2 Å². The van der Waals surface area contributed by atoms with Gasteiger partial charge in [0.2, 0.25) is 5.82 Å². The topological polar surface area (TPSA) is 84.3 Å². The predicted octanol–water partition coefficient (Wildman–Crippen LogP) is 4.16. The van der Waals surface area contributed by atoms with Gasteiger partial charge in [0.05, 0.1) is 12.7 Å². The summed E-state index contributed by atoms with van der Waals surface area (Å²) in [5.74, 6) is 2.77. The normalized spacial score (nSPS) is 11.0. The minimum atomic E-state index is 0.599. The zero-order chi connectivity index (χ0) is 20.1. The van der Waals surface area contributed by atoms with Crippen molar-refractivity contribution >= 4 is 5.82 Å². The van der Waals surface area contributed by atoms with Crippen molar-refractivity contribution in [3.63, 3.8) is 0 Å². The molecule has 0 saturated heterocycles. The molecule has 0 atom stereocenters. The lowest BCUT2D eigenvalue weighted by molar-refractivity contribution is 0.681. The number of aromatic nitrogens is 6. The number of unbranched alkanes of at least 4 members (excludes halogenated alkanes) is 1. The SMILES string of the molecule is CCCCc1ncc(NC)n1Cc1ccc(-c2ccccc2-c2nn[nH]n2)cc1. The number of rotatable bonds is 8. The number of anilines is 1. The zero-order valence-corrected chi connectivity index (χ0v) is 16.8. The number of hydrogen-bond acceptors (Lipinski definition) is 5. The molecule has 2 N–H and O–H groups in total. The van der Waals surface area contributed by atoms with Crippen LogP contribution in [0.1, 0.15) is 31.2 Å². The molecular weight excluding hydrogens is 362 g/mol. The fraction of sp³-hybridized carbons (Fsp3) is 0.273. The van der Waals surface area contributed by atoms with Crippen molar-refractivity contribution in [2.75, 3.05) is 12.4 Å². The number of nitrogens with zero attached hydrogens (tertiary/aromatic N) is 5. The van der Waals surface area contributed by atoms with Gasteiger partial charge < -0.3 is 9.88 Å². The molecule has 2 heterocycles. The summed E-state index contributed by atoms with van der Waals surface area (Å²) in [5, 5.41) is 17.7. The van der Waals surface area contributed by atoms with Crippen molar-refractivity contribution in [2.24, 2.45) is 0 Å². The number of nitrogens with one attached hydrogen (secondary N) is 2. The third-order valence-corrected chi connectivity index (χ3v) is 5.07. The highest BCUT2D eigenvalue weighted by Crippen LogP contribution is 2.30. The molecule has 0 spiro atoms. The number of aromatic amines is 1. The summed E-state index contributed by atoms with van der Waals surface area (Å²) in [7, 11) is 1.94. The van der Waals surface area contributed by atoms with Crippen LogP contribution in [0.5, 0.6) is 0 Å². The Kier molecular flexibility index (Phi) is 5.65. The number of aryl methyl sites for hydroxylation is 1. The minimum Gasteiger partial charge on any atom is -0.373 e. The lowest BCUT2D eigenvalue weighted by Crippen LogP contribution is -2.08. The summed E-state index contributed by atoms with van der Waals surface area (Å²) in [6.45, 7) is 3.00. The number of tetrazole rings is 1. The zero-order valence-electron chi connectivity index (χ0n) is 16.8. The lowest BCUT2D eigenvalue weighted by Gasteiger charge is -2.13. The monoisotopic (exact) mass is 387 g/mol. The van der Waals surface area contributed by atoms with Gasteiger partial charge in [0.25, 0.3) is 0 Å². The van der Waals surface area contributed by atoms with Gasteiger partial charge in [-0.3, -0.25) is 0 Å². The second-order valence-corrected chi connectivity index (χ2v) is 6.98. The molecule has 0 fully saturated rings. The average Bonchev–Trinajstić information content (AvgIpc) is 3.43. The molecule has 4 aromatic rings. The lowest BCUT2D eigenvalue weighted by atomic mass is 9.98. The quantitative estimate of drug-likeness (QED) is 0.474. The first-order valence-electron chi connectivity index (χ1n) is 9.94. The van der Waals surface area contributed by atoms with Gasteiger partial charge in [-0.25, -0.2) is 4.98 Å².